The Hall–Kier alpha value is -3.73. The second-order valence-electron chi connectivity index (χ2n) is 6.19. The van der Waals surface area contributed by atoms with Gasteiger partial charge in [-0.1, -0.05) is 13.8 Å². The summed E-state index contributed by atoms with van der Waals surface area (Å²) in [7, 11) is 0. The van der Waals surface area contributed by atoms with Gasteiger partial charge in [0.25, 0.3) is 5.56 Å². The number of rotatable bonds is 3. The van der Waals surface area contributed by atoms with Gasteiger partial charge in [0.05, 0.1) is 30.0 Å². The summed E-state index contributed by atoms with van der Waals surface area (Å²) in [6.07, 6.45) is 8.30. The van der Waals surface area contributed by atoms with Crippen molar-refractivity contribution < 1.29 is 0 Å². The normalized spacial score (nSPS) is 11.2. The Morgan fingerprint density at radius 3 is 2.77 bits per heavy atom. The van der Waals surface area contributed by atoms with Crippen LogP contribution in [0.4, 0.5) is 0 Å². The van der Waals surface area contributed by atoms with E-state index in [1.54, 1.807) is 23.3 Å². The topological polar surface area (TPSA) is 105 Å². The van der Waals surface area contributed by atoms with Crippen LogP contribution in [0.3, 0.4) is 0 Å². The Labute approximate surface area is 148 Å². The number of aromatic amines is 1. The standard InChI is InChI=1S/C18H15N7O/c1-11(2)15-16(23-17-12(6-19)7-22-25(17)18(15)26)13-8-21-24(10-13)14-4-3-5-20-9-14/h3-5,7-11,23H,1-2H3. The summed E-state index contributed by atoms with van der Waals surface area (Å²) in [5.74, 6) is -0.0328. The molecule has 4 aromatic rings. The van der Waals surface area contributed by atoms with Gasteiger partial charge in [-0.15, -0.1) is 0 Å². The average Bonchev–Trinajstić information content (AvgIpc) is 3.29. The lowest BCUT2D eigenvalue weighted by Gasteiger charge is -2.11. The van der Waals surface area contributed by atoms with Crippen LogP contribution in [0.25, 0.3) is 22.6 Å². The summed E-state index contributed by atoms with van der Waals surface area (Å²) in [5, 5.41) is 17.7. The van der Waals surface area contributed by atoms with Crippen molar-refractivity contribution in [2.45, 2.75) is 19.8 Å². The Morgan fingerprint density at radius 1 is 1.23 bits per heavy atom. The van der Waals surface area contributed by atoms with E-state index in [4.69, 9.17) is 0 Å². The number of nitrogens with zero attached hydrogens (tertiary/aromatic N) is 6. The Kier molecular flexibility index (Phi) is 3.62. The molecule has 0 bridgehead atoms. The molecule has 26 heavy (non-hydrogen) atoms. The minimum absolute atomic E-state index is 0.0328. The van der Waals surface area contributed by atoms with Crippen molar-refractivity contribution in [1.82, 2.24) is 29.4 Å². The molecule has 0 aliphatic rings. The number of nitrogens with one attached hydrogen (secondary N) is 1. The van der Waals surface area contributed by atoms with E-state index in [0.717, 1.165) is 11.3 Å². The molecule has 0 saturated carbocycles. The van der Waals surface area contributed by atoms with Crippen LogP contribution in [-0.4, -0.2) is 29.4 Å². The first-order valence-corrected chi connectivity index (χ1v) is 8.09. The number of nitriles is 1. The molecule has 0 spiro atoms. The number of hydrogen-bond acceptors (Lipinski definition) is 5. The number of fused-ring (bicyclic) bond motifs is 1. The van der Waals surface area contributed by atoms with Gasteiger partial charge in [0.1, 0.15) is 11.6 Å². The first-order chi connectivity index (χ1) is 12.6. The van der Waals surface area contributed by atoms with E-state index in [1.807, 2.05) is 32.2 Å². The number of pyridine rings is 1. The smallest absolute Gasteiger partial charge is 0.278 e. The van der Waals surface area contributed by atoms with Crippen LogP contribution in [0.15, 0.2) is 47.9 Å². The Bertz CT molecular complexity index is 1190. The van der Waals surface area contributed by atoms with Crippen LogP contribution >= 0.6 is 0 Å². The van der Waals surface area contributed by atoms with Crippen molar-refractivity contribution in [1.29, 1.82) is 5.26 Å². The minimum atomic E-state index is -0.237. The SMILES string of the molecule is CC(C)c1c(-c2cnn(-c3cccnc3)c2)[nH]c2c(C#N)cnn2c1=O. The predicted molar refractivity (Wildman–Crippen MR) is 95.0 cm³/mol. The van der Waals surface area contributed by atoms with Crippen LogP contribution in [0.1, 0.15) is 30.9 Å². The quantitative estimate of drug-likeness (QED) is 0.613. The molecule has 0 amide bonds. The molecule has 1 N–H and O–H groups in total. The predicted octanol–water partition coefficient (Wildman–Crippen LogP) is 2.27. The molecule has 0 unspecified atom stereocenters. The summed E-state index contributed by atoms with van der Waals surface area (Å²) in [5.41, 5.74) is 3.27. The monoisotopic (exact) mass is 345 g/mol. The van der Waals surface area contributed by atoms with E-state index in [9.17, 15) is 10.1 Å². The van der Waals surface area contributed by atoms with Gasteiger partial charge in [-0.2, -0.15) is 20.0 Å². The minimum Gasteiger partial charge on any atom is -0.338 e. The lowest BCUT2D eigenvalue weighted by molar-refractivity contribution is 0.797. The molecule has 8 nitrogen and oxygen atoms in total. The van der Waals surface area contributed by atoms with Gasteiger partial charge in [-0.3, -0.25) is 9.78 Å². The highest BCUT2D eigenvalue weighted by molar-refractivity contribution is 5.67. The van der Waals surface area contributed by atoms with E-state index >= 15 is 0 Å². The maximum atomic E-state index is 12.9. The van der Waals surface area contributed by atoms with Crippen LogP contribution in [0, 0.1) is 11.3 Å². The molecule has 0 atom stereocenters. The van der Waals surface area contributed by atoms with Crippen molar-refractivity contribution in [2.24, 2.45) is 0 Å². The molecule has 128 valence electrons. The van der Waals surface area contributed by atoms with Gasteiger partial charge in [-0.05, 0) is 18.1 Å². The van der Waals surface area contributed by atoms with E-state index < -0.39 is 0 Å². The lowest BCUT2D eigenvalue weighted by atomic mass is 10.00. The highest BCUT2D eigenvalue weighted by atomic mass is 16.1. The zero-order valence-corrected chi connectivity index (χ0v) is 14.2. The molecular weight excluding hydrogens is 330 g/mol. The van der Waals surface area contributed by atoms with Crippen LogP contribution < -0.4 is 5.56 Å². The fraction of sp³-hybridized carbons (Fsp3) is 0.167. The van der Waals surface area contributed by atoms with Crippen molar-refractivity contribution in [2.75, 3.05) is 0 Å². The van der Waals surface area contributed by atoms with Gasteiger partial charge < -0.3 is 4.98 Å². The Balaban J connectivity index is 1.96. The molecule has 0 fully saturated rings. The number of hydrogen-bond donors (Lipinski definition) is 1. The fourth-order valence-electron chi connectivity index (χ4n) is 2.96. The maximum Gasteiger partial charge on any atom is 0.278 e. The maximum absolute atomic E-state index is 12.9. The molecular formula is C18H15N7O. The zero-order chi connectivity index (χ0) is 18.3. The van der Waals surface area contributed by atoms with Crippen molar-refractivity contribution in [3.63, 3.8) is 0 Å². The van der Waals surface area contributed by atoms with Gasteiger partial charge in [-0.25, -0.2) is 4.68 Å². The van der Waals surface area contributed by atoms with Gasteiger partial charge >= 0.3 is 0 Å². The molecule has 8 heteroatoms. The van der Waals surface area contributed by atoms with Gasteiger partial charge in [0, 0.05) is 23.5 Å². The molecule has 0 aliphatic heterocycles. The highest BCUT2D eigenvalue weighted by Crippen LogP contribution is 2.26. The number of aromatic nitrogens is 6. The third-order valence-corrected chi connectivity index (χ3v) is 4.18. The van der Waals surface area contributed by atoms with Gasteiger partial charge in [0.2, 0.25) is 0 Å². The average molecular weight is 345 g/mol. The first kappa shape index (κ1) is 15.8. The van der Waals surface area contributed by atoms with Crippen molar-refractivity contribution in [3.05, 3.63) is 64.6 Å². The summed E-state index contributed by atoms with van der Waals surface area (Å²) in [4.78, 5) is 20.2. The van der Waals surface area contributed by atoms with Gasteiger partial charge in [0.15, 0.2) is 5.65 Å². The molecule has 4 heterocycles. The summed E-state index contributed by atoms with van der Waals surface area (Å²) >= 11 is 0. The van der Waals surface area contributed by atoms with E-state index in [2.05, 4.69) is 26.2 Å². The largest absolute Gasteiger partial charge is 0.338 e. The molecule has 4 aromatic heterocycles. The van der Waals surface area contributed by atoms with Crippen molar-refractivity contribution >= 4 is 5.65 Å². The molecule has 0 radical (unpaired) electrons. The molecule has 0 aliphatic carbocycles. The highest BCUT2D eigenvalue weighted by Gasteiger charge is 2.20. The Morgan fingerprint density at radius 2 is 2.08 bits per heavy atom. The lowest BCUT2D eigenvalue weighted by Crippen LogP contribution is -2.22. The summed E-state index contributed by atoms with van der Waals surface area (Å²) in [6, 6.07) is 5.77. The van der Waals surface area contributed by atoms with E-state index in [0.29, 0.717) is 22.5 Å². The summed E-state index contributed by atoms with van der Waals surface area (Å²) < 4.78 is 2.93. The van der Waals surface area contributed by atoms with Crippen LogP contribution in [0.5, 0.6) is 0 Å². The van der Waals surface area contributed by atoms with Crippen molar-refractivity contribution in [3.8, 4) is 23.0 Å². The first-order valence-electron chi connectivity index (χ1n) is 8.09. The third kappa shape index (κ3) is 2.38. The molecule has 4 rings (SSSR count). The second-order valence-corrected chi connectivity index (χ2v) is 6.19. The zero-order valence-electron chi connectivity index (χ0n) is 14.2. The molecule has 0 saturated heterocycles. The second kappa shape index (κ2) is 5.97. The van der Waals surface area contributed by atoms with E-state index in [1.165, 1.54) is 10.7 Å². The van der Waals surface area contributed by atoms with Crippen LogP contribution in [-0.2, 0) is 0 Å². The third-order valence-electron chi connectivity index (χ3n) is 4.18. The fourth-order valence-corrected chi connectivity index (χ4v) is 2.96. The summed E-state index contributed by atoms with van der Waals surface area (Å²) in [6.45, 7) is 3.89. The molecule has 0 aromatic carbocycles. The van der Waals surface area contributed by atoms with E-state index in [-0.39, 0.29) is 11.5 Å². The van der Waals surface area contributed by atoms with Crippen LogP contribution in [0.2, 0.25) is 0 Å². The number of H-pyrrole nitrogens is 1.